The molecule has 0 bridgehead atoms. The van der Waals surface area contributed by atoms with Crippen LogP contribution in [0.1, 0.15) is 0 Å². The minimum Gasteiger partial charge on any atom is -0.310 e. The Bertz CT molecular complexity index is 3500. The van der Waals surface area contributed by atoms with Crippen LogP contribution in [0.2, 0.25) is 0 Å². The van der Waals surface area contributed by atoms with Crippen molar-refractivity contribution < 1.29 is 0 Å². The van der Waals surface area contributed by atoms with Crippen molar-refractivity contribution in [3.05, 3.63) is 200 Å². The molecule has 1 nitrogen and oxygen atoms in total. The zero-order valence-electron chi connectivity index (χ0n) is 31.2. The monoisotopic (exact) mass is 791 g/mol. The highest BCUT2D eigenvalue weighted by molar-refractivity contribution is 7.27. The summed E-state index contributed by atoms with van der Waals surface area (Å²) in [5, 5.41) is 7.76. The first-order chi connectivity index (χ1) is 28.7. The summed E-state index contributed by atoms with van der Waals surface area (Å²) >= 11 is 5.65. The Hall–Kier alpha value is -6.56. The van der Waals surface area contributed by atoms with Crippen molar-refractivity contribution in [2.45, 2.75) is 0 Å². The molecular weight excluding hydrogens is 759 g/mol. The van der Waals surface area contributed by atoms with Crippen LogP contribution < -0.4 is 4.90 Å². The van der Waals surface area contributed by atoms with E-state index in [1.165, 1.54) is 99.6 Å². The molecule has 0 radical (unpaired) electrons. The molecule has 0 amide bonds. The summed E-state index contributed by atoms with van der Waals surface area (Å²) in [5.41, 5.74) is 10.9. The average molecular weight is 792 g/mol. The summed E-state index contributed by atoms with van der Waals surface area (Å²) in [6.45, 7) is 0. The maximum atomic E-state index is 2.52. The molecule has 0 atom stereocenters. The normalized spacial score (nSPS) is 11.8. The zero-order valence-corrected chi connectivity index (χ0v) is 33.7. The van der Waals surface area contributed by atoms with Gasteiger partial charge in [-0.1, -0.05) is 146 Å². The maximum Gasteiger partial charge on any atom is 0.0555 e. The van der Waals surface area contributed by atoms with E-state index in [1.54, 1.807) is 0 Å². The number of fused-ring (bicyclic) bond motifs is 9. The highest BCUT2D eigenvalue weighted by Gasteiger charge is 2.23. The van der Waals surface area contributed by atoms with Gasteiger partial charge in [-0.25, -0.2) is 0 Å². The summed E-state index contributed by atoms with van der Waals surface area (Å²) in [6, 6.07) is 73.9. The third-order valence-corrected chi connectivity index (χ3v) is 14.9. The van der Waals surface area contributed by atoms with Gasteiger partial charge < -0.3 is 4.90 Å². The van der Waals surface area contributed by atoms with Gasteiger partial charge in [-0.3, -0.25) is 0 Å². The molecule has 0 aliphatic carbocycles. The third kappa shape index (κ3) is 5.41. The molecule has 3 aromatic heterocycles. The highest BCUT2D eigenvalue weighted by atomic mass is 32.1. The Labute approximate surface area is 347 Å². The summed E-state index contributed by atoms with van der Waals surface area (Å²) < 4.78 is 7.78. The quantitative estimate of drug-likeness (QED) is 0.162. The highest BCUT2D eigenvalue weighted by Crippen LogP contribution is 2.51. The second-order valence-corrected chi connectivity index (χ2v) is 18.0. The van der Waals surface area contributed by atoms with Crippen molar-refractivity contribution >= 4 is 112 Å². The van der Waals surface area contributed by atoms with E-state index in [0.29, 0.717) is 0 Å². The number of hydrogen-bond acceptors (Lipinski definition) is 4. The maximum absolute atomic E-state index is 2.52. The summed E-state index contributed by atoms with van der Waals surface area (Å²) in [7, 11) is 0. The van der Waals surface area contributed by atoms with Crippen LogP contribution in [0.3, 0.4) is 0 Å². The van der Waals surface area contributed by atoms with E-state index in [-0.39, 0.29) is 0 Å². The van der Waals surface area contributed by atoms with Crippen molar-refractivity contribution in [1.29, 1.82) is 0 Å². The van der Waals surface area contributed by atoms with Crippen molar-refractivity contribution in [3.8, 4) is 33.4 Å². The van der Waals surface area contributed by atoms with Crippen LogP contribution >= 0.6 is 34.0 Å². The van der Waals surface area contributed by atoms with Gasteiger partial charge in [-0.2, -0.15) is 0 Å². The van der Waals surface area contributed by atoms with Crippen LogP contribution in [-0.2, 0) is 0 Å². The third-order valence-electron chi connectivity index (χ3n) is 11.5. The van der Waals surface area contributed by atoms with Crippen LogP contribution in [0.5, 0.6) is 0 Å². The molecule has 0 aliphatic heterocycles. The molecular formula is C54H33NS3. The van der Waals surface area contributed by atoms with E-state index in [1.807, 2.05) is 34.0 Å². The van der Waals surface area contributed by atoms with E-state index in [9.17, 15) is 0 Å². The molecule has 3 heterocycles. The van der Waals surface area contributed by atoms with Gasteiger partial charge in [0.15, 0.2) is 0 Å². The predicted octanol–water partition coefficient (Wildman–Crippen LogP) is 17.3. The van der Waals surface area contributed by atoms with E-state index in [2.05, 4.69) is 205 Å². The number of thiophene rings is 3. The molecule has 0 spiro atoms. The Kier molecular flexibility index (Phi) is 7.83. The fourth-order valence-corrected chi connectivity index (χ4v) is 12.3. The molecule has 0 saturated heterocycles. The van der Waals surface area contributed by atoms with Gasteiger partial charge in [-0.05, 0) is 88.0 Å². The second kappa shape index (κ2) is 13.5. The SMILES string of the molecule is c1ccc(-c2ccc3c(c2)sc2c(-c4ccccc4)ccc(N(c4ccc5c(c4)sc4ccccc45)c4ccc5sc6cccc(-c7ccccc7)c6c5c4)c23)cc1. The Morgan fingerprint density at radius 3 is 1.71 bits per heavy atom. The van der Waals surface area contributed by atoms with E-state index < -0.39 is 0 Å². The Morgan fingerprint density at radius 2 is 0.897 bits per heavy atom. The van der Waals surface area contributed by atoms with Crippen LogP contribution in [0.15, 0.2) is 200 Å². The van der Waals surface area contributed by atoms with Crippen LogP contribution in [-0.4, -0.2) is 0 Å². The molecule has 272 valence electrons. The lowest BCUT2D eigenvalue weighted by atomic mass is 9.98. The number of anilines is 3. The van der Waals surface area contributed by atoms with Crippen LogP contribution in [0.4, 0.5) is 17.1 Å². The minimum absolute atomic E-state index is 1.14. The first-order valence-corrected chi connectivity index (χ1v) is 22.0. The topological polar surface area (TPSA) is 3.24 Å². The molecule has 12 rings (SSSR count). The van der Waals surface area contributed by atoms with Gasteiger partial charge in [-0.15, -0.1) is 34.0 Å². The van der Waals surface area contributed by atoms with Gasteiger partial charge in [0.05, 0.1) is 5.69 Å². The standard InChI is InChI=1S/C54H33NS3/c1-4-13-34(14-5-1)37-23-26-44-50(31-37)58-54-41(36-17-8-3-9-18-36)28-29-46(53(44)54)55(39-24-27-43-42-19-10-11-21-47(42)57-51(43)33-39)38-25-30-48-45(32-38)52-40(20-12-22-49(52)56-48)35-15-6-2-7-16-35/h1-33H. The molecule has 12 aromatic rings. The number of benzene rings is 9. The summed E-state index contributed by atoms with van der Waals surface area (Å²) in [4.78, 5) is 2.52. The van der Waals surface area contributed by atoms with Gasteiger partial charge in [0.2, 0.25) is 0 Å². The molecule has 0 saturated carbocycles. The Balaban J connectivity index is 1.15. The van der Waals surface area contributed by atoms with Gasteiger partial charge in [0, 0.05) is 71.9 Å². The summed E-state index contributed by atoms with van der Waals surface area (Å²) in [5.74, 6) is 0. The lowest BCUT2D eigenvalue weighted by Gasteiger charge is -2.27. The smallest absolute Gasteiger partial charge is 0.0555 e. The first-order valence-electron chi connectivity index (χ1n) is 19.6. The second-order valence-electron chi connectivity index (χ2n) is 14.8. The Morgan fingerprint density at radius 1 is 0.293 bits per heavy atom. The zero-order chi connectivity index (χ0) is 38.2. The van der Waals surface area contributed by atoms with Gasteiger partial charge in [0.25, 0.3) is 0 Å². The fraction of sp³-hybridized carbons (Fsp3) is 0. The molecule has 58 heavy (non-hydrogen) atoms. The van der Waals surface area contributed by atoms with Gasteiger partial charge >= 0.3 is 0 Å². The van der Waals surface area contributed by atoms with E-state index >= 15 is 0 Å². The molecule has 0 fully saturated rings. The lowest BCUT2D eigenvalue weighted by molar-refractivity contribution is 1.32. The van der Waals surface area contributed by atoms with Crippen LogP contribution in [0.25, 0.3) is 93.9 Å². The number of rotatable bonds is 6. The molecule has 0 aliphatic rings. The molecule has 4 heteroatoms. The van der Waals surface area contributed by atoms with Crippen molar-refractivity contribution in [2.24, 2.45) is 0 Å². The first kappa shape index (κ1) is 33.6. The van der Waals surface area contributed by atoms with E-state index in [4.69, 9.17) is 0 Å². The molecule has 0 N–H and O–H groups in total. The van der Waals surface area contributed by atoms with E-state index in [0.717, 1.165) is 11.4 Å². The van der Waals surface area contributed by atoms with Gasteiger partial charge in [0.1, 0.15) is 0 Å². The fourth-order valence-electron chi connectivity index (χ4n) is 8.80. The van der Waals surface area contributed by atoms with Crippen molar-refractivity contribution in [3.63, 3.8) is 0 Å². The van der Waals surface area contributed by atoms with Crippen molar-refractivity contribution in [2.75, 3.05) is 4.90 Å². The molecule has 0 unspecified atom stereocenters. The predicted molar refractivity (Wildman–Crippen MR) is 256 cm³/mol. The molecule has 9 aromatic carbocycles. The minimum atomic E-state index is 1.14. The largest absolute Gasteiger partial charge is 0.310 e. The van der Waals surface area contributed by atoms with Crippen LogP contribution in [0, 0.1) is 0 Å². The lowest BCUT2D eigenvalue weighted by Crippen LogP contribution is -2.10. The number of nitrogens with zero attached hydrogens (tertiary/aromatic N) is 1. The number of hydrogen-bond donors (Lipinski definition) is 0. The van der Waals surface area contributed by atoms with Crippen molar-refractivity contribution in [1.82, 2.24) is 0 Å². The average Bonchev–Trinajstić information content (AvgIpc) is 3.98. The summed E-state index contributed by atoms with van der Waals surface area (Å²) in [6.07, 6.45) is 0.